The molecule has 2 aromatic rings. The van der Waals surface area contributed by atoms with E-state index in [2.05, 4.69) is 15.9 Å². The summed E-state index contributed by atoms with van der Waals surface area (Å²) in [6, 6.07) is 13.1. The van der Waals surface area contributed by atoms with Gasteiger partial charge in [0.05, 0.1) is 0 Å². The highest BCUT2D eigenvalue weighted by Gasteiger charge is 2.13. The fourth-order valence-corrected chi connectivity index (χ4v) is 2.09. The van der Waals surface area contributed by atoms with E-state index in [1.165, 1.54) is 7.11 Å². The lowest BCUT2D eigenvalue weighted by molar-refractivity contribution is 0.0463. The largest absolute Gasteiger partial charge is 0.504 e. The summed E-state index contributed by atoms with van der Waals surface area (Å²) >= 11 is 3.31. The van der Waals surface area contributed by atoms with Crippen LogP contribution in [0.1, 0.15) is 5.56 Å². The summed E-state index contributed by atoms with van der Waals surface area (Å²) in [6.07, 6.45) is 0. The Bertz CT molecular complexity index is 557. The number of phenolic OH excluding ortho intramolecular Hbond substituents is 1. The third kappa shape index (κ3) is 3.88. The van der Waals surface area contributed by atoms with Gasteiger partial charge in [-0.2, -0.15) is 0 Å². The first-order valence-electron chi connectivity index (χ1n) is 6.01. The molecule has 0 aliphatic heterocycles. The number of ether oxygens (including phenoxy) is 3. The monoisotopic (exact) mass is 338 g/mol. The Morgan fingerprint density at radius 2 is 1.85 bits per heavy atom. The van der Waals surface area contributed by atoms with Gasteiger partial charge in [-0.25, -0.2) is 0 Å². The Morgan fingerprint density at radius 3 is 2.55 bits per heavy atom. The van der Waals surface area contributed by atoms with E-state index in [1.54, 1.807) is 12.1 Å². The summed E-state index contributed by atoms with van der Waals surface area (Å²) in [5, 5.41) is 9.91. The summed E-state index contributed by atoms with van der Waals surface area (Å²) in [7, 11) is 1.51. The van der Waals surface area contributed by atoms with Crippen LogP contribution in [-0.2, 0) is 11.3 Å². The van der Waals surface area contributed by atoms with E-state index in [0.29, 0.717) is 16.8 Å². The first-order valence-corrected chi connectivity index (χ1v) is 6.81. The number of halogens is 1. The highest BCUT2D eigenvalue weighted by Crippen LogP contribution is 2.39. The molecule has 1 N–H and O–H groups in total. The molecule has 0 aliphatic carbocycles. The molecule has 5 heteroatoms. The van der Waals surface area contributed by atoms with Crippen molar-refractivity contribution in [3.63, 3.8) is 0 Å². The molecular formula is C15H15BrO4. The highest BCUT2D eigenvalue weighted by atomic mass is 79.9. The summed E-state index contributed by atoms with van der Waals surface area (Å²) in [5.74, 6) is 0.725. The number of aromatic hydroxyl groups is 1. The Labute approximate surface area is 126 Å². The molecule has 0 amide bonds. The molecule has 0 aliphatic rings. The van der Waals surface area contributed by atoms with Crippen molar-refractivity contribution in [1.82, 2.24) is 0 Å². The van der Waals surface area contributed by atoms with Crippen molar-refractivity contribution in [2.24, 2.45) is 0 Å². The minimum absolute atomic E-state index is 0.000475. The van der Waals surface area contributed by atoms with Crippen molar-refractivity contribution in [1.29, 1.82) is 0 Å². The van der Waals surface area contributed by atoms with E-state index in [4.69, 9.17) is 14.2 Å². The third-order valence-electron chi connectivity index (χ3n) is 2.56. The smallest absolute Gasteiger partial charge is 0.206 e. The summed E-state index contributed by atoms with van der Waals surface area (Å²) in [5.41, 5.74) is 1.03. The zero-order valence-electron chi connectivity index (χ0n) is 11.0. The van der Waals surface area contributed by atoms with Crippen molar-refractivity contribution in [2.75, 3.05) is 13.9 Å². The minimum atomic E-state index is -0.000475. The maximum Gasteiger partial charge on any atom is 0.206 e. The molecule has 0 heterocycles. The summed E-state index contributed by atoms with van der Waals surface area (Å²) in [4.78, 5) is 0. The van der Waals surface area contributed by atoms with E-state index in [1.807, 2.05) is 30.3 Å². The van der Waals surface area contributed by atoms with Crippen LogP contribution in [0.4, 0.5) is 0 Å². The molecular weight excluding hydrogens is 324 g/mol. The fourth-order valence-electron chi connectivity index (χ4n) is 1.66. The highest BCUT2D eigenvalue weighted by molar-refractivity contribution is 9.10. The van der Waals surface area contributed by atoms with Gasteiger partial charge in [0, 0.05) is 11.6 Å². The average molecular weight is 339 g/mol. The second-order valence-corrected chi connectivity index (χ2v) is 4.99. The van der Waals surface area contributed by atoms with Crippen LogP contribution >= 0.6 is 15.9 Å². The second-order valence-electron chi connectivity index (χ2n) is 4.08. The van der Waals surface area contributed by atoms with Crippen molar-refractivity contribution in [3.05, 3.63) is 52.5 Å². The van der Waals surface area contributed by atoms with E-state index >= 15 is 0 Å². The standard InChI is InChI=1S/C15H15BrO4/c1-18-10-20-15-13(17)7-12(16)8-14(15)19-9-11-5-3-2-4-6-11/h2-8,17H,9-10H2,1H3. The lowest BCUT2D eigenvalue weighted by Gasteiger charge is -2.14. The first-order chi connectivity index (χ1) is 9.70. The molecule has 2 aromatic carbocycles. The molecule has 0 fully saturated rings. The predicted octanol–water partition coefficient (Wildman–Crippen LogP) is 3.72. The van der Waals surface area contributed by atoms with Crippen molar-refractivity contribution < 1.29 is 19.3 Å². The number of methoxy groups -OCH3 is 1. The van der Waals surface area contributed by atoms with Crippen LogP contribution < -0.4 is 9.47 Å². The molecule has 0 atom stereocenters. The zero-order valence-corrected chi connectivity index (χ0v) is 12.6. The number of phenols is 1. The van der Waals surface area contributed by atoms with Crippen molar-refractivity contribution in [2.45, 2.75) is 6.61 Å². The Hall–Kier alpha value is -1.72. The fraction of sp³-hybridized carbons (Fsp3) is 0.200. The van der Waals surface area contributed by atoms with Crippen LogP contribution in [0.15, 0.2) is 46.9 Å². The van der Waals surface area contributed by atoms with Crippen LogP contribution in [0.3, 0.4) is 0 Å². The Kier molecular flexibility index (Phi) is 5.26. The van der Waals surface area contributed by atoms with Gasteiger partial charge in [-0.3, -0.25) is 0 Å². The first kappa shape index (κ1) is 14.7. The normalized spacial score (nSPS) is 10.3. The SMILES string of the molecule is COCOc1c(O)cc(Br)cc1OCc1ccccc1. The van der Waals surface area contributed by atoms with Gasteiger partial charge in [0.2, 0.25) is 5.75 Å². The molecule has 0 unspecified atom stereocenters. The number of hydrogen-bond donors (Lipinski definition) is 1. The van der Waals surface area contributed by atoms with Gasteiger partial charge in [-0.15, -0.1) is 0 Å². The van der Waals surface area contributed by atoms with E-state index in [-0.39, 0.29) is 18.3 Å². The van der Waals surface area contributed by atoms with Crippen molar-refractivity contribution >= 4 is 15.9 Å². The quantitative estimate of drug-likeness (QED) is 0.815. The molecule has 0 saturated carbocycles. The van der Waals surface area contributed by atoms with Crippen LogP contribution in [0, 0.1) is 0 Å². The van der Waals surface area contributed by atoms with Gasteiger partial charge in [0.1, 0.15) is 6.61 Å². The molecule has 0 saturated heterocycles. The van der Waals surface area contributed by atoms with Crippen LogP contribution in [0.5, 0.6) is 17.2 Å². The van der Waals surface area contributed by atoms with Gasteiger partial charge in [0.25, 0.3) is 0 Å². The molecule has 2 rings (SSSR count). The predicted molar refractivity (Wildman–Crippen MR) is 79.1 cm³/mol. The van der Waals surface area contributed by atoms with Gasteiger partial charge < -0.3 is 19.3 Å². The lowest BCUT2D eigenvalue weighted by atomic mass is 10.2. The summed E-state index contributed by atoms with van der Waals surface area (Å²) in [6.45, 7) is 0.428. The maximum absolute atomic E-state index is 9.91. The van der Waals surface area contributed by atoms with Gasteiger partial charge in [0.15, 0.2) is 18.3 Å². The molecule has 0 radical (unpaired) electrons. The Balaban J connectivity index is 2.16. The molecule has 0 bridgehead atoms. The number of benzene rings is 2. The van der Waals surface area contributed by atoms with E-state index in [0.717, 1.165) is 5.56 Å². The van der Waals surface area contributed by atoms with Crippen molar-refractivity contribution in [3.8, 4) is 17.2 Å². The molecule has 4 nitrogen and oxygen atoms in total. The lowest BCUT2D eigenvalue weighted by Crippen LogP contribution is -2.03. The third-order valence-corrected chi connectivity index (χ3v) is 3.02. The number of rotatable bonds is 6. The van der Waals surface area contributed by atoms with Gasteiger partial charge in [-0.05, 0) is 17.7 Å². The second kappa shape index (κ2) is 7.17. The minimum Gasteiger partial charge on any atom is -0.504 e. The molecule has 106 valence electrons. The zero-order chi connectivity index (χ0) is 14.4. The van der Waals surface area contributed by atoms with Gasteiger partial charge >= 0.3 is 0 Å². The van der Waals surface area contributed by atoms with Crippen LogP contribution in [-0.4, -0.2) is 19.0 Å². The van der Waals surface area contributed by atoms with E-state index in [9.17, 15) is 5.11 Å². The average Bonchev–Trinajstić information content (AvgIpc) is 2.45. The molecule has 0 spiro atoms. The number of hydrogen-bond acceptors (Lipinski definition) is 4. The van der Waals surface area contributed by atoms with E-state index < -0.39 is 0 Å². The van der Waals surface area contributed by atoms with Crippen LogP contribution in [0.2, 0.25) is 0 Å². The van der Waals surface area contributed by atoms with Gasteiger partial charge in [-0.1, -0.05) is 46.3 Å². The topological polar surface area (TPSA) is 47.9 Å². The summed E-state index contributed by atoms with van der Waals surface area (Å²) < 4.78 is 16.6. The molecule has 0 aromatic heterocycles. The Morgan fingerprint density at radius 1 is 1.10 bits per heavy atom. The van der Waals surface area contributed by atoms with Crippen LogP contribution in [0.25, 0.3) is 0 Å². The molecule has 20 heavy (non-hydrogen) atoms. The maximum atomic E-state index is 9.91.